The molecule has 1 amide bonds. The Morgan fingerprint density at radius 2 is 2.00 bits per heavy atom. The van der Waals surface area contributed by atoms with Crippen LogP contribution in [0.5, 0.6) is 0 Å². The van der Waals surface area contributed by atoms with Crippen LogP contribution >= 0.6 is 23.1 Å². The predicted molar refractivity (Wildman–Crippen MR) is 95.0 cm³/mol. The Morgan fingerprint density at radius 1 is 1.25 bits per heavy atom. The highest BCUT2D eigenvalue weighted by atomic mass is 32.2. The van der Waals surface area contributed by atoms with Gasteiger partial charge in [0.25, 0.3) is 0 Å². The number of hydrogen-bond acceptors (Lipinski definition) is 7. The van der Waals surface area contributed by atoms with Crippen molar-refractivity contribution in [1.29, 1.82) is 0 Å². The molecule has 0 bridgehead atoms. The minimum Gasteiger partial charge on any atom is -0.312 e. The minimum absolute atomic E-state index is 0.144. The molecule has 0 saturated carbocycles. The summed E-state index contributed by atoms with van der Waals surface area (Å²) < 4.78 is 1.77. The van der Waals surface area contributed by atoms with Gasteiger partial charge in [-0.2, -0.15) is 0 Å². The van der Waals surface area contributed by atoms with Crippen LogP contribution < -0.4 is 5.32 Å². The first-order chi connectivity index (χ1) is 11.5. The molecule has 0 radical (unpaired) electrons. The van der Waals surface area contributed by atoms with Crippen LogP contribution in [-0.4, -0.2) is 36.1 Å². The van der Waals surface area contributed by atoms with E-state index in [4.69, 9.17) is 0 Å². The molecule has 0 saturated heterocycles. The molecule has 24 heavy (non-hydrogen) atoms. The summed E-state index contributed by atoms with van der Waals surface area (Å²) in [5.74, 6) is -0.144. The largest absolute Gasteiger partial charge is 0.312 e. The van der Waals surface area contributed by atoms with Gasteiger partial charge in [0.2, 0.25) is 11.0 Å². The average Bonchev–Trinajstić information content (AvgIpc) is 3.18. The summed E-state index contributed by atoms with van der Waals surface area (Å²) in [7, 11) is 1.84. The summed E-state index contributed by atoms with van der Waals surface area (Å²) in [6, 6.07) is 8.03. The molecule has 1 N–H and O–H groups in total. The maximum Gasteiger partial charge on any atom is 0.239 e. The zero-order chi connectivity index (χ0) is 17.1. The fourth-order valence-electron chi connectivity index (χ4n) is 1.88. The Labute approximate surface area is 147 Å². The fourth-order valence-corrected chi connectivity index (χ4v) is 3.43. The Hall–Kier alpha value is -2.26. The second kappa shape index (κ2) is 7.10. The van der Waals surface area contributed by atoms with Crippen molar-refractivity contribution in [3.8, 4) is 10.6 Å². The number of aryl methyl sites for hydroxylation is 2. The minimum atomic E-state index is -0.320. The summed E-state index contributed by atoms with van der Waals surface area (Å²) in [6.45, 7) is 3.85. The Balaban J connectivity index is 1.64. The number of thioether (sulfide) groups is 1. The molecule has 2 heterocycles. The van der Waals surface area contributed by atoms with Crippen molar-refractivity contribution in [2.75, 3.05) is 5.32 Å². The lowest BCUT2D eigenvalue weighted by Crippen LogP contribution is -2.22. The van der Waals surface area contributed by atoms with Crippen LogP contribution in [0.2, 0.25) is 0 Å². The SMILES string of the molecule is Cc1ccc(-c2nnc(NC(=O)C(C)Sc3nncn3C)s2)cc1. The number of carbonyl (C=O) groups is 1. The van der Waals surface area contributed by atoms with Gasteiger partial charge in [-0.3, -0.25) is 10.1 Å². The van der Waals surface area contributed by atoms with Crippen LogP contribution in [-0.2, 0) is 11.8 Å². The van der Waals surface area contributed by atoms with E-state index in [1.807, 2.05) is 45.2 Å². The molecule has 0 fully saturated rings. The molecule has 9 heteroatoms. The summed E-state index contributed by atoms with van der Waals surface area (Å²) in [4.78, 5) is 12.3. The normalized spacial score (nSPS) is 12.1. The second-order valence-electron chi connectivity index (χ2n) is 5.25. The Bertz CT molecular complexity index is 842. The van der Waals surface area contributed by atoms with Crippen LogP contribution in [0.1, 0.15) is 12.5 Å². The lowest BCUT2D eigenvalue weighted by molar-refractivity contribution is -0.115. The summed E-state index contributed by atoms with van der Waals surface area (Å²) in [5, 5.41) is 20.4. The Morgan fingerprint density at radius 3 is 2.67 bits per heavy atom. The topological polar surface area (TPSA) is 85.6 Å². The molecular formula is C15H16N6OS2. The summed E-state index contributed by atoms with van der Waals surface area (Å²) in [6.07, 6.45) is 1.60. The predicted octanol–water partition coefficient (Wildman–Crippen LogP) is 2.76. The number of hydrogen-bond donors (Lipinski definition) is 1. The van der Waals surface area contributed by atoms with Crippen molar-refractivity contribution in [3.63, 3.8) is 0 Å². The third-order valence-electron chi connectivity index (χ3n) is 3.27. The average molecular weight is 360 g/mol. The van der Waals surface area contributed by atoms with Gasteiger partial charge in [0, 0.05) is 12.6 Å². The van der Waals surface area contributed by atoms with E-state index in [-0.39, 0.29) is 11.2 Å². The van der Waals surface area contributed by atoms with Crippen LogP contribution in [0.25, 0.3) is 10.6 Å². The van der Waals surface area contributed by atoms with Crippen molar-refractivity contribution < 1.29 is 4.79 Å². The molecule has 7 nitrogen and oxygen atoms in total. The number of anilines is 1. The number of nitrogens with one attached hydrogen (secondary N) is 1. The lowest BCUT2D eigenvalue weighted by Gasteiger charge is -2.08. The maximum absolute atomic E-state index is 12.3. The molecule has 3 rings (SSSR count). The third kappa shape index (κ3) is 3.80. The quantitative estimate of drug-likeness (QED) is 0.704. The van der Waals surface area contributed by atoms with Crippen molar-refractivity contribution >= 4 is 34.1 Å². The number of nitrogens with zero attached hydrogens (tertiary/aromatic N) is 5. The molecule has 124 valence electrons. The van der Waals surface area contributed by atoms with Gasteiger partial charge < -0.3 is 4.57 Å². The molecule has 1 unspecified atom stereocenters. The number of amides is 1. The van der Waals surface area contributed by atoms with E-state index in [0.29, 0.717) is 10.3 Å². The van der Waals surface area contributed by atoms with Gasteiger partial charge in [0.05, 0.1) is 5.25 Å². The fraction of sp³-hybridized carbons (Fsp3) is 0.267. The van der Waals surface area contributed by atoms with Gasteiger partial charge in [-0.05, 0) is 13.8 Å². The van der Waals surface area contributed by atoms with Gasteiger partial charge in [0.15, 0.2) is 5.16 Å². The summed E-state index contributed by atoms with van der Waals surface area (Å²) >= 11 is 2.69. The zero-order valence-corrected chi connectivity index (χ0v) is 15.1. The van der Waals surface area contributed by atoms with Crippen LogP contribution in [0.3, 0.4) is 0 Å². The van der Waals surface area contributed by atoms with Gasteiger partial charge in [-0.1, -0.05) is 52.9 Å². The van der Waals surface area contributed by atoms with Crippen molar-refractivity contribution in [2.45, 2.75) is 24.3 Å². The van der Waals surface area contributed by atoms with Crippen molar-refractivity contribution in [1.82, 2.24) is 25.0 Å². The van der Waals surface area contributed by atoms with Gasteiger partial charge in [0.1, 0.15) is 11.3 Å². The molecule has 1 aromatic carbocycles. The highest BCUT2D eigenvalue weighted by Gasteiger charge is 2.19. The second-order valence-corrected chi connectivity index (χ2v) is 7.54. The van der Waals surface area contributed by atoms with Gasteiger partial charge >= 0.3 is 0 Å². The van der Waals surface area contributed by atoms with Crippen molar-refractivity contribution in [2.24, 2.45) is 7.05 Å². The number of rotatable bonds is 5. The lowest BCUT2D eigenvalue weighted by atomic mass is 10.2. The van der Waals surface area contributed by atoms with E-state index >= 15 is 0 Å². The van der Waals surface area contributed by atoms with E-state index in [1.54, 1.807) is 10.9 Å². The van der Waals surface area contributed by atoms with Gasteiger partial charge in [-0.15, -0.1) is 20.4 Å². The van der Waals surface area contributed by atoms with E-state index in [2.05, 4.69) is 25.7 Å². The first kappa shape index (κ1) is 16.6. The van der Waals surface area contributed by atoms with Crippen LogP contribution in [0, 0.1) is 6.92 Å². The highest BCUT2D eigenvalue weighted by molar-refractivity contribution is 8.00. The van der Waals surface area contributed by atoms with Gasteiger partial charge in [-0.25, -0.2) is 0 Å². The van der Waals surface area contributed by atoms with Crippen LogP contribution in [0.15, 0.2) is 35.7 Å². The molecule has 3 aromatic rings. The number of benzene rings is 1. The molecule has 0 spiro atoms. The number of aromatic nitrogens is 5. The number of carbonyl (C=O) groups excluding carboxylic acids is 1. The zero-order valence-electron chi connectivity index (χ0n) is 13.4. The van der Waals surface area contributed by atoms with E-state index in [9.17, 15) is 4.79 Å². The standard InChI is InChI=1S/C15H16N6OS2/c1-9-4-6-11(7-5-9)13-18-19-14(24-13)17-12(22)10(2)23-15-20-16-8-21(15)3/h4-8,10H,1-3H3,(H,17,19,22). The van der Waals surface area contributed by atoms with E-state index < -0.39 is 0 Å². The molecule has 1 atom stereocenters. The molecule has 0 aliphatic rings. The first-order valence-electron chi connectivity index (χ1n) is 7.25. The molecule has 0 aliphatic carbocycles. The van der Waals surface area contributed by atoms with E-state index in [0.717, 1.165) is 10.6 Å². The molecule has 2 aromatic heterocycles. The van der Waals surface area contributed by atoms with Crippen molar-refractivity contribution in [3.05, 3.63) is 36.2 Å². The highest BCUT2D eigenvalue weighted by Crippen LogP contribution is 2.27. The maximum atomic E-state index is 12.3. The Kier molecular flexibility index (Phi) is 4.91. The van der Waals surface area contributed by atoms with Crippen LogP contribution in [0.4, 0.5) is 5.13 Å². The third-order valence-corrected chi connectivity index (χ3v) is 5.31. The molecular weight excluding hydrogens is 344 g/mol. The molecule has 0 aliphatic heterocycles. The monoisotopic (exact) mass is 360 g/mol. The summed E-state index contributed by atoms with van der Waals surface area (Å²) in [5.41, 5.74) is 2.17. The van der Waals surface area contributed by atoms with E-state index in [1.165, 1.54) is 28.7 Å². The smallest absolute Gasteiger partial charge is 0.239 e. The first-order valence-corrected chi connectivity index (χ1v) is 8.94.